The number of carbonyl (C=O) groups is 4. The molecular weight excluding hydrogens is 1480 g/mol. The first-order valence-electron chi connectivity index (χ1n) is 34.9. The predicted molar refractivity (Wildman–Crippen MR) is 395 cm³/mol. The van der Waals surface area contributed by atoms with Crippen LogP contribution < -0.4 is 39.0 Å². The standard InChI is InChI=1S/C39H41Cl2N3O7S.C38H39Cl2F2N3O7S/c1-49-33-10-9-26(15-34(33)50-22-23-7-8-23)28(17-30-31(40)19-44(48)20-32(30)41)29-16-27(52-37(29)38(45)46)18-42-36(25-5-3-2-4-6-25)39(47)51-35-21-43-13-11-24(35)12-14-43;1-21(2)50-32-14-24(8-9-31(32)52-38(41)42)26(16-28-29(39)18-45(49)19-30(28)40)27-15-25(53-35(27)36(46)47)17-43-34(23-6-4-3-5-7-23)37(48)51-33-20-44-12-10-22(33)11-13-44/h2-6,9-10,15-16,19-20,23-24,28,35-36,42H,7-8,11-14,17-18,21-22H2,1H3,(H,45,46);3-9,14-15,18-19,21-22,26,33-34,38,43H,10-13,16-17,20H2,1-2H3,(H,46,47)/t28?,35-,36?;26-,33-,34?/m00/s1. The number of ether oxygens (including phenoxy) is 6. The molecule has 1 saturated carbocycles. The number of fused-ring (bicyclic) bond motifs is 6. The lowest BCUT2D eigenvalue weighted by Gasteiger charge is -2.44. The molecule has 0 radical (unpaired) electrons. The van der Waals surface area contributed by atoms with Gasteiger partial charge in [-0.25, -0.2) is 19.2 Å². The number of pyridine rings is 2. The van der Waals surface area contributed by atoms with E-state index in [0.717, 1.165) is 122 Å². The van der Waals surface area contributed by atoms with E-state index in [9.17, 15) is 48.6 Å². The predicted octanol–water partition coefficient (Wildman–Crippen LogP) is 14.6. The van der Waals surface area contributed by atoms with Crippen LogP contribution in [0.15, 0.2) is 134 Å². The molecule has 6 saturated heterocycles. The van der Waals surface area contributed by atoms with Gasteiger partial charge in [0, 0.05) is 58.9 Å². The van der Waals surface area contributed by atoms with Gasteiger partial charge in [-0.15, -0.1) is 22.7 Å². The van der Waals surface area contributed by atoms with E-state index in [1.54, 1.807) is 33.1 Å². The van der Waals surface area contributed by atoms with Crippen LogP contribution >= 0.6 is 69.1 Å². The van der Waals surface area contributed by atoms with Crippen LogP contribution in [0, 0.1) is 28.2 Å². The fourth-order valence-electron chi connectivity index (χ4n) is 14.3. The molecule has 8 aromatic rings. The number of aromatic nitrogens is 2. The Balaban J connectivity index is 0.000000197. The summed E-state index contributed by atoms with van der Waals surface area (Å²) in [5.41, 5.74) is 4.56. The lowest BCUT2D eigenvalue weighted by atomic mass is 9.85. The number of benzene rings is 4. The maximum Gasteiger partial charge on any atom is 0.387 e. The van der Waals surface area contributed by atoms with Gasteiger partial charge in [0.1, 0.15) is 54.1 Å². The summed E-state index contributed by atoms with van der Waals surface area (Å²) in [7, 11) is 1.58. The van der Waals surface area contributed by atoms with E-state index >= 15 is 0 Å². The van der Waals surface area contributed by atoms with Crippen molar-refractivity contribution >= 4 is 93.0 Å². The molecule has 28 heteroatoms. The maximum atomic E-state index is 13.8. The lowest BCUT2D eigenvalue weighted by molar-refractivity contribution is -0.605. The van der Waals surface area contributed by atoms with Crippen LogP contribution in [0.5, 0.6) is 23.0 Å². The summed E-state index contributed by atoms with van der Waals surface area (Å²) in [6.07, 6.45) is 10.5. The quantitative estimate of drug-likeness (QED) is 0.0186. The number of methoxy groups -OCH3 is 1. The summed E-state index contributed by atoms with van der Waals surface area (Å²) in [4.78, 5) is 59.4. The molecule has 3 unspecified atom stereocenters. The number of aromatic carboxylic acids is 2. The molecule has 6 aliphatic heterocycles. The molecule has 4 aromatic heterocycles. The number of hydrogen-bond donors (Lipinski definition) is 4. The highest BCUT2D eigenvalue weighted by Gasteiger charge is 2.41. The van der Waals surface area contributed by atoms with E-state index in [1.165, 1.54) is 24.5 Å². The van der Waals surface area contributed by atoms with Crippen molar-refractivity contribution in [2.24, 2.45) is 17.8 Å². The lowest BCUT2D eigenvalue weighted by Crippen LogP contribution is -2.52. The third-order valence-corrected chi connectivity index (χ3v) is 23.4. The van der Waals surface area contributed by atoms with Crippen molar-refractivity contribution in [2.75, 3.05) is 53.0 Å². The minimum absolute atomic E-state index is 0.0132. The molecule has 15 rings (SSSR count). The van der Waals surface area contributed by atoms with Crippen LogP contribution in [0.4, 0.5) is 8.78 Å². The first kappa shape index (κ1) is 76.8. The molecule has 105 heavy (non-hydrogen) atoms. The minimum atomic E-state index is -3.11. The highest BCUT2D eigenvalue weighted by atomic mass is 35.5. The van der Waals surface area contributed by atoms with Gasteiger partial charge in [0.2, 0.25) is 0 Å². The molecule has 6 atom stereocenters. The Kier molecular flexibility index (Phi) is 25.4. The van der Waals surface area contributed by atoms with Gasteiger partial charge in [0.15, 0.2) is 47.8 Å². The Hall–Kier alpha value is -7.88. The number of nitrogens with one attached hydrogen (secondary N) is 2. The van der Waals surface area contributed by atoms with E-state index in [-0.39, 0.29) is 85.5 Å². The molecule has 4 bridgehead atoms. The highest BCUT2D eigenvalue weighted by molar-refractivity contribution is 7.14. The van der Waals surface area contributed by atoms with Crippen molar-refractivity contribution in [3.05, 3.63) is 229 Å². The van der Waals surface area contributed by atoms with Crippen molar-refractivity contribution in [2.45, 2.75) is 127 Å². The number of piperidine rings is 6. The number of rotatable bonds is 30. The Labute approximate surface area is 634 Å². The number of carboxylic acid groups (broad SMARTS) is 2. The van der Waals surface area contributed by atoms with Crippen molar-refractivity contribution in [3.8, 4) is 23.0 Å². The van der Waals surface area contributed by atoms with Gasteiger partial charge >= 0.3 is 30.5 Å². The van der Waals surface area contributed by atoms with Gasteiger partial charge in [-0.2, -0.15) is 18.2 Å². The third kappa shape index (κ3) is 19.3. The first-order chi connectivity index (χ1) is 50.5. The van der Waals surface area contributed by atoms with Gasteiger partial charge in [0.05, 0.1) is 19.8 Å². The molecule has 556 valence electrons. The van der Waals surface area contributed by atoms with Crippen molar-refractivity contribution in [1.82, 2.24) is 20.4 Å². The minimum Gasteiger partial charge on any atom is -0.619 e. The molecule has 10 heterocycles. The molecular formula is C77H80Cl4F2N6O14S2. The Morgan fingerprint density at radius 3 is 1.35 bits per heavy atom. The second kappa shape index (κ2) is 34.8. The largest absolute Gasteiger partial charge is 0.619 e. The zero-order chi connectivity index (χ0) is 74.2. The van der Waals surface area contributed by atoms with E-state index in [4.69, 9.17) is 74.8 Å². The van der Waals surface area contributed by atoms with Crippen LogP contribution in [-0.2, 0) is 45.0 Å². The van der Waals surface area contributed by atoms with Crippen molar-refractivity contribution in [1.29, 1.82) is 0 Å². The maximum absolute atomic E-state index is 13.8. The number of carboxylic acids is 2. The topological polar surface area (TPSA) is 249 Å². The molecule has 0 spiro atoms. The first-order valence-corrected chi connectivity index (χ1v) is 38.0. The smallest absolute Gasteiger partial charge is 0.387 e. The third-order valence-electron chi connectivity index (χ3n) is 19.8. The summed E-state index contributed by atoms with van der Waals surface area (Å²) < 4.78 is 62.3. The monoisotopic (exact) mass is 1550 g/mol. The fourth-order valence-corrected chi connectivity index (χ4v) is 17.5. The summed E-state index contributed by atoms with van der Waals surface area (Å²) in [6.45, 7) is 6.81. The summed E-state index contributed by atoms with van der Waals surface area (Å²) in [5, 5.41) is 52.3. The van der Waals surface area contributed by atoms with Gasteiger partial charge in [-0.3, -0.25) is 20.4 Å². The summed E-state index contributed by atoms with van der Waals surface area (Å²) in [6, 6.07) is 30.7. The van der Waals surface area contributed by atoms with Crippen molar-refractivity contribution < 1.29 is 76.1 Å². The second-order valence-electron chi connectivity index (χ2n) is 27.3. The Morgan fingerprint density at radius 2 is 0.981 bits per heavy atom. The number of esters is 2. The van der Waals surface area contributed by atoms with Crippen LogP contribution in [0.1, 0.15) is 150 Å². The van der Waals surface area contributed by atoms with Gasteiger partial charge in [0.25, 0.3) is 0 Å². The summed E-state index contributed by atoms with van der Waals surface area (Å²) >= 11 is 28.3. The van der Waals surface area contributed by atoms with Crippen LogP contribution in [-0.4, -0.2) is 122 Å². The number of carbonyl (C=O) groups excluding carboxylic acids is 2. The molecule has 4 aromatic carbocycles. The van der Waals surface area contributed by atoms with E-state index in [2.05, 4.69) is 20.4 Å². The highest BCUT2D eigenvalue weighted by Crippen LogP contribution is 2.45. The normalized spacial score (nSPS) is 20.0. The Bertz CT molecular complexity index is 4340. The van der Waals surface area contributed by atoms with Crippen molar-refractivity contribution in [3.63, 3.8) is 0 Å². The SMILES string of the molecule is CC(C)Oc1cc([C@H](Cc2c(Cl)c[n+]([O-])cc2Cl)c2cc(CNC(C(=O)O[C@H]3CN4CCC3CC4)c3ccccc3)sc2C(=O)O)ccc1OC(F)F.COc1ccc(C(Cc2c(Cl)c[n+]([O-])cc2Cl)c2cc(CNC(C(=O)O[C@H]3CN4CCC3CC4)c3ccccc3)sc2C(=O)O)cc1OCC1CC1. The van der Waals surface area contributed by atoms with E-state index < -0.39 is 54.5 Å². The summed E-state index contributed by atoms with van der Waals surface area (Å²) in [5.74, 6) is -2.18. The molecule has 20 nitrogen and oxygen atoms in total. The van der Waals surface area contributed by atoms with Gasteiger partial charge in [-0.1, -0.05) is 119 Å². The zero-order valence-corrected chi connectivity index (χ0v) is 62.4. The average Bonchev–Trinajstić information content (AvgIpc) is 1.72. The fraction of sp³-hybridized carbons (Fsp3) is 0.403. The zero-order valence-electron chi connectivity index (χ0n) is 57.7. The number of halogens is 6. The number of hydrogen-bond acceptors (Lipinski definition) is 18. The van der Waals surface area contributed by atoms with Crippen LogP contribution in [0.2, 0.25) is 20.1 Å². The van der Waals surface area contributed by atoms with E-state index in [1.807, 2.05) is 84.9 Å². The Morgan fingerprint density at radius 1 is 0.562 bits per heavy atom. The number of alkyl halides is 2. The molecule has 1 aliphatic carbocycles. The second-order valence-corrected chi connectivity index (χ2v) is 31.2. The van der Waals surface area contributed by atoms with Gasteiger partial charge < -0.3 is 49.0 Å². The number of nitrogens with zero attached hydrogens (tertiary/aromatic N) is 4. The number of thiophene rings is 2. The van der Waals surface area contributed by atoms with Crippen LogP contribution in [0.3, 0.4) is 0 Å². The molecule has 4 N–H and O–H groups in total. The van der Waals surface area contributed by atoms with Gasteiger partial charge in [-0.05, 0) is 179 Å². The molecule has 7 fully saturated rings. The van der Waals surface area contributed by atoms with Crippen LogP contribution in [0.25, 0.3) is 0 Å². The molecule has 7 aliphatic rings. The average molecular weight is 1560 g/mol. The van der Waals surface area contributed by atoms with E-state index in [0.29, 0.717) is 90.1 Å². The molecule has 0 amide bonds.